The highest BCUT2D eigenvalue weighted by molar-refractivity contribution is 8.00. The Kier molecular flexibility index (Phi) is 5.07. The van der Waals surface area contributed by atoms with Crippen molar-refractivity contribution in [2.75, 3.05) is 5.75 Å². The lowest BCUT2D eigenvalue weighted by Crippen LogP contribution is -2.24. The van der Waals surface area contributed by atoms with Crippen LogP contribution in [0.5, 0.6) is 0 Å². The molecule has 7 nitrogen and oxygen atoms in total. The number of hydrogen-bond acceptors (Lipinski definition) is 7. The van der Waals surface area contributed by atoms with Crippen molar-refractivity contribution in [1.29, 1.82) is 0 Å². The van der Waals surface area contributed by atoms with E-state index < -0.39 is 22.2 Å². The van der Waals surface area contributed by atoms with Crippen LogP contribution in [0.15, 0.2) is 11.4 Å². The Morgan fingerprint density at radius 3 is 2.68 bits per heavy atom. The van der Waals surface area contributed by atoms with Crippen LogP contribution in [-0.2, 0) is 9.53 Å². The van der Waals surface area contributed by atoms with Gasteiger partial charge in [0.15, 0.2) is 5.03 Å². The highest BCUT2D eigenvalue weighted by Crippen LogP contribution is 2.31. The van der Waals surface area contributed by atoms with Gasteiger partial charge in [-0.1, -0.05) is 23.4 Å². The van der Waals surface area contributed by atoms with Crippen LogP contribution >= 0.6 is 23.4 Å². The van der Waals surface area contributed by atoms with Crippen molar-refractivity contribution in [2.24, 2.45) is 0 Å². The monoisotopic (exact) mass is 305 g/mol. The topological polar surface area (TPSA) is 95.2 Å². The normalized spacial score (nSPS) is 11.2. The number of thioether (sulfide) groups is 1. The van der Waals surface area contributed by atoms with Gasteiger partial charge >= 0.3 is 11.7 Å². The van der Waals surface area contributed by atoms with Gasteiger partial charge in [-0.15, -0.1) is 0 Å². The Morgan fingerprint density at radius 1 is 1.53 bits per heavy atom. The number of rotatable bonds is 4. The Hall–Kier alpha value is -1.41. The van der Waals surface area contributed by atoms with Crippen LogP contribution < -0.4 is 0 Å². The molecule has 0 aliphatic heterocycles. The van der Waals surface area contributed by atoms with Crippen LogP contribution in [0.3, 0.4) is 0 Å². The minimum atomic E-state index is -0.681. The third kappa shape index (κ3) is 4.99. The second-order valence-corrected chi connectivity index (χ2v) is 5.77. The van der Waals surface area contributed by atoms with Crippen molar-refractivity contribution in [2.45, 2.75) is 31.4 Å². The van der Waals surface area contributed by atoms with Gasteiger partial charge in [-0.2, -0.15) is 0 Å². The first-order valence-electron chi connectivity index (χ1n) is 5.20. The van der Waals surface area contributed by atoms with E-state index in [0.717, 1.165) is 18.1 Å². The first kappa shape index (κ1) is 15.6. The summed E-state index contributed by atoms with van der Waals surface area (Å²) in [5, 5.41) is 10.6. The molecule has 0 aliphatic rings. The van der Waals surface area contributed by atoms with Crippen LogP contribution in [0.1, 0.15) is 20.8 Å². The summed E-state index contributed by atoms with van der Waals surface area (Å²) in [6.07, 6.45) is 1.10. The van der Waals surface area contributed by atoms with E-state index in [2.05, 4.69) is 9.97 Å². The van der Waals surface area contributed by atoms with E-state index in [-0.39, 0.29) is 15.9 Å². The summed E-state index contributed by atoms with van der Waals surface area (Å²) in [7, 11) is 0. The highest BCUT2D eigenvalue weighted by atomic mass is 35.5. The summed E-state index contributed by atoms with van der Waals surface area (Å²) in [5.41, 5.74) is -1.01. The quantitative estimate of drug-likeness (QED) is 0.277. The maximum atomic E-state index is 11.5. The van der Waals surface area contributed by atoms with Crippen LogP contribution in [0, 0.1) is 10.1 Å². The van der Waals surface area contributed by atoms with Crippen molar-refractivity contribution < 1.29 is 14.5 Å². The molecule has 0 fully saturated rings. The molecule has 1 aromatic rings. The van der Waals surface area contributed by atoms with E-state index in [0.29, 0.717) is 0 Å². The molecule has 0 N–H and O–H groups in total. The SMILES string of the molecule is CC(C)(C)OC(=O)CSc1ncnc(Cl)c1[N+](=O)[O-]. The van der Waals surface area contributed by atoms with Gasteiger partial charge in [0.05, 0.1) is 10.7 Å². The van der Waals surface area contributed by atoms with Crippen molar-refractivity contribution in [3.05, 3.63) is 21.6 Å². The Labute approximate surface area is 118 Å². The van der Waals surface area contributed by atoms with Gasteiger partial charge in [-0.25, -0.2) is 9.97 Å². The molecule has 19 heavy (non-hydrogen) atoms. The predicted octanol–water partition coefficient (Wildman–Crippen LogP) is 2.47. The standard InChI is InChI=1S/C10H12ClN3O4S/c1-10(2,3)18-6(15)4-19-9-7(14(16)17)8(11)12-5-13-9/h5H,4H2,1-3H3. The van der Waals surface area contributed by atoms with E-state index in [1.54, 1.807) is 20.8 Å². The maximum absolute atomic E-state index is 11.5. The molecule has 0 saturated heterocycles. The Balaban J connectivity index is 2.76. The van der Waals surface area contributed by atoms with Crippen molar-refractivity contribution in [3.63, 3.8) is 0 Å². The Bertz CT molecular complexity index is 504. The van der Waals surface area contributed by atoms with Gasteiger partial charge in [-0.05, 0) is 20.8 Å². The van der Waals surface area contributed by atoms with Gasteiger partial charge in [0, 0.05) is 0 Å². The molecule has 0 unspecified atom stereocenters. The number of halogens is 1. The molecule has 0 radical (unpaired) electrons. The number of nitro groups is 1. The molecule has 0 bridgehead atoms. The molecular formula is C10H12ClN3O4S. The van der Waals surface area contributed by atoms with Crippen LogP contribution in [0.25, 0.3) is 0 Å². The lowest BCUT2D eigenvalue weighted by atomic mass is 10.2. The van der Waals surface area contributed by atoms with E-state index in [9.17, 15) is 14.9 Å². The second kappa shape index (κ2) is 6.16. The fourth-order valence-electron chi connectivity index (χ4n) is 1.10. The summed E-state index contributed by atoms with van der Waals surface area (Å²) in [6, 6.07) is 0. The third-order valence-electron chi connectivity index (χ3n) is 1.67. The predicted molar refractivity (Wildman–Crippen MR) is 70.3 cm³/mol. The van der Waals surface area contributed by atoms with E-state index >= 15 is 0 Å². The van der Waals surface area contributed by atoms with E-state index in [4.69, 9.17) is 16.3 Å². The Morgan fingerprint density at radius 2 is 2.16 bits per heavy atom. The number of carbonyl (C=O) groups is 1. The molecule has 1 rings (SSSR count). The van der Waals surface area contributed by atoms with Gasteiger partial charge < -0.3 is 4.74 Å². The van der Waals surface area contributed by atoms with E-state index in [1.807, 2.05) is 0 Å². The zero-order valence-electron chi connectivity index (χ0n) is 10.5. The molecule has 0 aromatic carbocycles. The fourth-order valence-corrected chi connectivity index (χ4v) is 2.10. The highest BCUT2D eigenvalue weighted by Gasteiger charge is 2.23. The molecule has 0 spiro atoms. The van der Waals surface area contributed by atoms with Crippen molar-refractivity contribution in [1.82, 2.24) is 9.97 Å². The van der Waals surface area contributed by atoms with Gasteiger partial charge in [0.25, 0.3) is 0 Å². The molecule has 9 heteroatoms. The second-order valence-electron chi connectivity index (χ2n) is 4.45. The lowest BCUT2D eigenvalue weighted by Gasteiger charge is -2.19. The minimum Gasteiger partial charge on any atom is -0.459 e. The molecule has 0 saturated carbocycles. The zero-order valence-corrected chi connectivity index (χ0v) is 12.1. The summed E-state index contributed by atoms with van der Waals surface area (Å²) >= 11 is 6.51. The van der Waals surface area contributed by atoms with E-state index in [1.165, 1.54) is 0 Å². The molecular weight excluding hydrogens is 294 g/mol. The average molecular weight is 306 g/mol. The first-order chi connectivity index (χ1) is 8.70. The summed E-state index contributed by atoms with van der Waals surface area (Å²) < 4.78 is 5.08. The molecule has 1 aromatic heterocycles. The average Bonchev–Trinajstić information content (AvgIpc) is 2.23. The molecule has 1 heterocycles. The van der Waals surface area contributed by atoms with Crippen LogP contribution in [-0.4, -0.2) is 32.2 Å². The molecule has 0 aliphatic carbocycles. The van der Waals surface area contributed by atoms with Crippen LogP contribution in [0.4, 0.5) is 5.69 Å². The number of carbonyl (C=O) groups excluding carboxylic acids is 1. The van der Waals surface area contributed by atoms with Gasteiger partial charge in [0.1, 0.15) is 11.9 Å². The molecule has 0 atom stereocenters. The third-order valence-corrected chi connectivity index (χ3v) is 2.90. The largest absolute Gasteiger partial charge is 0.459 e. The number of hydrogen-bond donors (Lipinski definition) is 0. The van der Waals surface area contributed by atoms with Crippen molar-refractivity contribution >= 4 is 35.0 Å². The number of ether oxygens (including phenoxy) is 1. The molecule has 104 valence electrons. The number of nitrogens with zero attached hydrogens (tertiary/aromatic N) is 3. The zero-order chi connectivity index (χ0) is 14.6. The number of esters is 1. The van der Waals surface area contributed by atoms with Crippen LogP contribution in [0.2, 0.25) is 5.15 Å². The summed E-state index contributed by atoms with van der Waals surface area (Å²) in [6.45, 7) is 5.21. The number of aromatic nitrogens is 2. The summed E-state index contributed by atoms with van der Waals surface area (Å²) in [5.74, 6) is -0.577. The fraction of sp³-hybridized carbons (Fsp3) is 0.500. The molecule has 0 amide bonds. The maximum Gasteiger partial charge on any atom is 0.338 e. The summed E-state index contributed by atoms with van der Waals surface area (Å²) in [4.78, 5) is 28.9. The van der Waals surface area contributed by atoms with Gasteiger partial charge in [0.2, 0.25) is 5.15 Å². The smallest absolute Gasteiger partial charge is 0.338 e. The first-order valence-corrected chi connectivity index (χ1v) is 6.56. The van der Waals surface area contributed by atoms with Crippen molar-refractivity contribution in [3.8, 4) is 0 Å². The van der Waals surface area contributed by atoms with Gasteiger partial charge in [-0.3, -0.25) is 14.9 Å². The lowest BCUT2D eigenvalue weighted by molar-refractivity contribution is -0.388. The minimum absolute atomic E-state index is 0.0378.